The molecule has 3 aromatic heterocycles. The molecule has 3 aliphatic carbocycles. The third kappa shape index (κ3) is 4.77. The van der Waals surface area contributed by atoms with E-state index >= 15 is 0 Å². The Morgan fingerprint density at radius 2 is 1.74 bits per heavy atom. The van der Waals surface area contributed by atoms with Gasteiger partial charge in [0, 0.05) is 36.9 Å². The highest BCUT2D eigenvalue weighted by Crippen LogP contribution is 2.40. The quantitative estimate of drug-likeness (QED) is 0.298. The molecule has 3 fully saturated rings. The van der Waals surface area contributed by atoms with Crippen LogP contribution in [0.5, 0.6) is 5.75 Å². The average molecular weight is 529 g/mol. The van der Waals surface area contributed by atoms with Crippen LogP contribution >= 0.6 is 0 Å². The van der Waals surface area contributed by atoms with Crippen molar-refractivity contribution in [1.29, 1.82) is 0 Å². The summed E-state index contributed by atoms with van der Waals surface area (Å²) in [6, 6.07) is 7.33. The number of H-pyrrole nitrogens is 1. The fourth-order valence-electron chi connectivity index (χ4n) is 6.79. The molecule has 0 atom stereocenters. The van der Waals surface area contributed by atoms with Gasteiger partial charge in [0.25, 0.3) is 0 Å². The molecule has 8 nitrogen and oxygen atoms in total. The summed E-state index contributed by atoms with van der Waals surface area (Å²) in [7, 11) is 1.66. The number of nitrogens with zero attached hydrogens (tertiary/aromatic N) is 5. The van der Waals surface area contributed by atoms with Crippen LogP contribution in [-0.4, -0.2) is 55.3 Å². The van der Waals surface area contributed by atoms with Gasteiger partial charge in [-0.2, -0.15) is 5.10 Å². The molecule has 3 saturated carbocycles. The van der Waals surface area contributed by atoms with Crippen molar-refractivity contribution in [3.05, 3.63) is 46.8 Å². The van der Waals surface area contributed by atoms with Crippen molar-refractivity contribution < 1.29 is 4.74 Å². The molecule has 206 valence electrons. The molecule has 0 saturated heterocycles. The molecule has 0 spiro atoms. The van der Waals surface area contributed by atoms with Crippen molar-refractivity contribution in [3.63, 3.8) is 0 Å². The Morgan fingerprint density at radius 1 is 1.03 bits per heavy atom. The van der Waals surface area contributed by atoms with E-state index in [0.29, 0.717) is 17.4 Å². The van der Waals surface area contributed by atoms with Gasteiger partial charge in [0.05, 0.1) is 18.1 Å². The standard InChI is InChI=1S/C31H40N6O2/c1-19(2)25-14-28-27(13-26(25)22-12-29(39-3)30-32-18-33-36(30)17-22)34-31(38)37(28)24-10-8-23(9-11-24)35(15-20-4-5-20)16-21-6-7-21/h12-14,17-21,23-24H,4-11,15-16H2,1-3H3,(H,34,38). The van der Waals surface area contributed by atoms with Crippen molar-refractivity contribution in [2.45, 2.75) is 83.2 Å². The molecular formula is C31H40N6O2. The Bertz CT molecular complexity index is 1530. The van der Waals surface area contributed by atoms with Crippen LogP contribution in [-0.2, 0) is 0 Å². The van der Waals surface area contributed by atoms with Gasteiger partial charge in [-0.05, 0) is 98.4 Å². The topological polar surface area (TPSA) is 80.5 Å². The lowest BCUT2D eigenvalue weighted by molar-refractivity contribution is 0.127. The monoisotopic (exact) mass is 528 g/mol. The maximum absolute atomic E-state index is 13.4. The zero-order valence-corrected chi connectivity index (χ0v) is 23.4. The van der Waals surface area contributed by atoms with E-state index in [9.17, 15) is 4.79 Å². The Hall–Kier alpha value is -3.13. The molecule has 39 heavy (non-hydrogen) atoms. The molecule has 3 aliphatic rings. The Kier molecular flexibility index (Phi) is 6.26. The minimum atomic E-state index is 0.0115. The Balaban J connectivity index is 1.20. The van der Waals surface area contributed by atoms with Gasteiger partial charge in [-0.15, -0.1) is 0 Å². The number of fused-ring (bicyclic) bond motifs is 2. The van der Waals surface area contributed by atoms with Crippen LogP contribution in [0.4, 0.5) is 0 Å². The van der Waals surface area contributed by atoms with Crippen LogP contribution in [0.2, 0.25) is 0 Å². The van der Waals surface area contributed by atoms with E-state index < -0.39 is 0 Å². The summed E-state index contributed by atoms with van der Waals surface area (Å²) >= 11 is 0. The lowest BCUT2D eigenvalue weighted by Gasteiger charge is -2.37. The minimum Gasteiger partial charge on any atom is -0.493 e. The van der Waals surface area contributed by atoms with E-state index in [1.165, 1.54) is 63.5 Å². The number of methoxy groups -OCH3 is 1. The summed E-state index contributed by atoms with van der Waals surface area (Å²) in [5.74, 6) is 2.84. The first-order valence-corrected chi connectivity index (χ1v) is 14.9. The molecule has 8 heteroatoms. The maximum atomic E-state index is 13.4. The highest BCUT2D eigenvalue weighted by atomic mass is 16.5. The summed E-state index contributed by atoms with van der Waals surface area (Å²) in [5, 5.41) is 4.35. The number of aromatic nitrogens is 5. The molecule has 1 aromatic carbocycles. The first-order valence-electron chi connectivity index (χ1n) is 14.9. The van der Waals surface area contributed by atoms with Crippen molar-refractivity contribution in [2.75, 3.05) is 20.2 Å². The van der Waals surface area contributed by atoms with Crippen molar-refractivity contribution >= 4 is 16.7 Å². The van der Waals surface area contributed by atoms with Gasteiger partial charge in [0.15, 0.2) is 11.4 Å². The number of hydrogen-bond donors (Lipinski definition) is 1. The van der Waals surface area contributed by atoms with Crippen LogP contribution in [0.3, 0.4) is 0 Å². The molecule has 0 radical (unpaired) electrons. The number of aromatic amines is 1. The molecule has 0 bridgehead atoms. The molecule has 0 amide bonds. The molecule has 0 unspecified atom stereocenters. The van der Waals surface area contributed by atoms with E-state index in [1.807, 2.05) is 12.3 Å². The molecule has 3 heterocycles. The smallest absolute Gasteiger partial charge is 0.326 e. The van der Waals surface area contributed by atoms with Crippen LogP contribution in [0.15, 0.2) is 35.5 Å². The third-order valence-electron chi connectivity index (χ3n) is 9.31. The first kappa shape index (κ1) is 24.9. The summed E-state index contributed by atoms with van der Waals surface area (Å²) in [6.45, 7) is 7.02. The predicted molar refractivity (Wildman–Crippen MR) is 153 cm³/mol. The van der Waals surface area contributed by atoms with Gasteiger partial charge in [-0.1, -0.05) is 13.8 Å². The van der Waals surface area contributed by atoms with Gasteiger partial charge >= 0.3 is 5.69 Å². The number of imidazole rings is 1. The Morgan fingerprint density at radius 3 is 2.38 bits per heavy atom. The molecule has 4 aromatic rings. The summed E-state index contributed by atoms with van der Waals surface area (Å²) in [4.78, 5) is 23.7. The van der Waals surface area contributed by atoms with Crippen molar-refractivity contribution in [1.82, 2.24) is 29.0 Å². The van der Waals surface area contributed by atoms with E-state index in [4.69, 9.17) is 4.74 Å². The summed E-state index contributed by atoms with van der Waals surface area (Å²) in [6.07, 6.45) is 13.7. The molecular weight excluding hydrogens is 488 g/mol. The van der Waals surface area contributed by atoms with Gasteiger partial charge in [-0.3, -0.25) is 9.47 Å². The van der Waals surface area contributed by atoms with Crippen LogP contribution in [0.25, 0.3) is 27.8 Å². The molecule has 0 aliphatic heterocycles. The number of pyridine rings is 1. The van der Waals surface area contributed by atoms with Gasteiger partial charge in [0.2, 0.25) is 0 Å². The third-order valence-corrected chi connectivity index (χ3v) is 9.31. The lowest BCUT2D eigenvalue weighted by atomic mass is 9.89. The normalized spacial score (nSPS) is 22.0. The highest BCUT2D eigenvalue weighted by Gasteiger charge is 2.35. The lowest BCUT2D eigenvalue weighted by Crippen LogP contribution is -2.41. The fraction of sp³-hybridized carbons (Fsp3) is 0.581. The van der Waals surface area contributed by atoms with Gasteiger partial charge < -0.3 is 9.72 Å². The summed E-state index contributed by atoms with van der Waals surface area (Å²) < 4.78 is 9.44. The van der Waals surface area contributed by atoms with E-state index in [-0.39, 0.29) is 17.6 Å². The Labute approximate surface area is 229 Å². The maximum Gasteiger partial charge on any atom is 0.326 e. The molecule has 1 N–H and O–H groups in total. The second-order valence-corrected chi connectivity index (χ2v) is 12.5. The molecule has 7 rings (SSSR count). The predicted octanol–water partition coefficient (Wildman–Crippen LogP) is 5.78. The number of hydrogen-bond acceptors (Lipinski definition) is 5. The van der Waals surface area contributed by atoms with E-state index in [1.54, 1.807) is 11.6 Å². The second kappa shape index (κ2) is 9.81. The van der Waals surface area contributed by atoms with E-state index in [2.05, 4.69) is 50.5 Å². The van der Waals surface area contributed by atoms with Gasteiger partial charge in [0.1, 0.15) is 6.33 Å². The number of rotatable bonds is 9. The van der Waals surface area contributed by atoms with Gasteiger partial charge in [-0.25, -0.2) is 14.3 Å². The highest BCUT2D eigenvalue weighted by molar-refractivity contribution is 5.85. The van der Waals surface area contributed by atoms with E-state index in [0.717, 1.165) is 46.8 Å². The fourth-order valence-corrected chi connectivity index (χ4v) is 6.79. The zero-order valence-electron chi connectivity index (χ0n) is 23.4. The van der Waals surface area contributed by atoms with Crippen molar-refractivity contribution in [3.8, 4) is 16.9 Å². The first-order chi connectivity index (χ1) is 19.0. The van der Waals surface area contributed by atoms with Crippen LogP contribution < -0.4 is 10.4 Å². The average Bonchev–Trinajstić information content (AvgIpc) is 3.86. The number of benzene rings is 1. The zero-order chi connectivity index (χ0) is 26.7. The van der Waals surface area contributed by atoms with Crippen LogP contribution in [0.1, 0.15) is 82.7 Å². The van der Waals surface area contributed by atoms with Crippen LogP contribution in [0, 0.1) is 11.8 Å². The second-order valence-electron chi connectivity index (χ2n) is 12.5. The SMILES string of the molecule is COc1cc(-c2cc3[nH]c(=O)n(C4CCC(N(CC5CC5)CC5CC5)CC4)c3cc2C(C)C)cn2ncnc12. The van der Waals surface area contributed by atoms with Crippen molar-refractivity contribution in [2.24, 2.45) is 11.8 Å². The summed E-state index contributed by atoms with van der Waals surface area (Å²) in [5.41, 5.74) is 5.91. The number of ether oxygens (including phenoxy) is 1. The number of nitrogens with one attached hydrogen (secondary N) is 1. The minimum absolute atomic E-state index is 0.0115. The largest absolute Gasteiger partial charge is 0.493 e.